The third-order valence-corrected chi connectivity index (χ3v) is 8.34. The summed E-state index contributed by atoms with van der Waals surface area (Å²) in [6.07, 6.45) is 0.791. The summed E-state index contributed by atoms with van der Waals surface area (Å²) < 4.78 is 43.4. The topological polar surface area (TPSA) is 86.8 Å². The zero-order chi connectivity index (χ0) is 29.3. The third-order valence-electron chi connectivity index (χ3n) is 6.56. The van der Waals surface area contributed by atoms with Gasteiger partial charge in [-0.25, -0.2) is 12.8 Å². The van der Waals surface area contributed by atoms with Gasteiger partial charge in [0, 0.05) is 13.1 Å². The summed E-state index contributed by atoms with van der Waals surface area (Å²) in [5, 5.41) is 2.90. The summed E-state index contributed by atoms with van der Waals surface area (Å²) in [7, 11) is -4.32. The lowest BCUT2D eigenvalue weighted by Gasteiger charge is -2.33. The van der Waals surface area contributed by atoms with Crippen molar-refractivity contribution in [3.8, 4) is 0 Å². The van der Waals surface area contributed by atoms with Crippen molar-refractivity contribution in [1.29, 1.82) is 0 Å². The SMILES string of the molecule is CCC(C(=O)NCC(C)C)N(CCc1ccccc1)C(=O)CN(c1ccccc1F)S(=O)(=O)c1ccc(C)cc1. The predicted molar refractivity (Wildman–Crippen MR) is 156 cm³/mol. The largest absolute Gasteiger partial charge is 0.354 e. The normalized spacial score (nSPS) is 12.2. The van der Waals surface area contributed by atoms with E-state index in [1.807, 2.05) is 51.1 Å². The van der Waals surface area contributed by atoms with Crippen molar-refractivity contribution in [3.63, 3.8) is 0 Å². The lowest BCUT2D eigenvalue weighted by Crippen LogP contribution is -2.53. The van der Waals surface area contributed by atoms with E-state index in [1.54, 1.807) is 19.1 Å². The standard InChI is InChI=1S/C31H38FN3O4S/c1-5-28(31(37)33-21-23(2)3)34(20-19-25-11-7-6-8-12-25)30(36)22-35(29-14-10-9-13-27(29)32)40(38,39)26-17-15-24(4)16-18-26/h6-18,23,28H,5,19-22H2,1-4H3,(H,33,37). The molecule has 0 fully saturated rings. The molecule has 3 rings (SSSR count). The van der Waals surface area contributed by atoms with E-state index in [0.29, 0.717) is 19.4 Å². The smallest absolute Gasteiger partial charge is 0.264 e. The summed E-state index contributed by atoms with van der Waals surface area (Å²) in [5.74, 6) is -1.47. The fourth-order valence-corrected chi connectivity index (χ4v) is 5.75. The molecule has 0 radical (unpaired) electrons. The van der Waals surface area contributed by atoms with Gasteiger partial charge in [-0.15, -0.1) is 0 Å². The minimum atomic E-state index is -4.32. The number of carbonyl (C=O) groups is 2. The fraction of sp³-hybridized carbons (Fsp3) is 0.355. The van der Waals surface area contributed by atoms with E-state index in [4.69, 9.17) is 0 Å². The van der Waals surface area contributed by atoms with Gasteiger partial charge in [0.25, 0.3) is 10.0 Å². The van der Waals surface area contributed by atoms with E-state index in [1.165, 1.54) is 35.2 Å². The Morgan fingerprint density at radius 2 is 1.55 bits per heavy atom. The lowest BCUT2D eigenvalue weighted by molar-refractivity contribution is -0.139. The van der Waals surface area contributed by atoms with Crippen LogP contribution in [0.5, 0.6) is 0 Å². The number of amides is 2. The molecule has 3 aromatic carbocycles. The van der Waals surface area contributed by atoms with Gasteiger partial charge < -0.3 is 10.2 Å². The Morgan fingerprint density at radius 3 is 2.15 bits per heavy atom. The fourth-order valence-electron chi connectivity index (χ4n) is 4.32. The van der Waals surface area contributed by atoms with Crippen molar-refractivity contribution in [2.24, 2.45) is 5.92 Å². The first-order valence-electron chi connectivity index (χ1n) is 13.5. The van der Waals surface area contributed by atoms with Crippen molar-refractivity contribution in [1.82, 2.24) is 10.2 Å². The number of halogens is 1. The molecule has 7 nitrogen and oxygen atoms in total. The van der Waals surface area contributed by atoms with Crippen LogP contribution in [0.3, 0.4) is 0 Å². The van der Waals surface area contributed by atoms with E-state index >= 15 is 4.39 Å². The second-order valence-electron chi connectivity index (χ2n) is 10.2. The number of sulfonamides is 1. The van der Waals surface area contributed by atoms with Gasteiger partial charge in [0.2, 0.25) is 11.8 Å². The molecule has 0 saturated carbocycles. The van der Waals surface area contributed by atoms with Gasteiger partial charge in [-0.3, -0.25) is 13.9 Å². The average Bonchev–Trinajstić information content (AvgIpc) is 2.93. The Labute approximate surface area is 237 Å². The highest BCUT2D eigenvalue weighted by Crippen LogP contribution is 2.27. The molecule has 0 bridgehead atoms. The van der Waals surface area contributed by atoms with E-state index in [2.05, 4.69) is 5.32 Å². The predicted octanol–water partition coefficient (Wildman–Crippen LogP) is 4.95. The second-order valence-corrected chi connectivity index (χ2v) is 12.0. The molecule has 0 aliphatic carbocycles. The molecule has 0 aliphatic heterocycles. The first-order chi connectivity index (χ1) is 19.0. The van der Waals surface area contributed by atoms with Crippen molar-refractivity contribution in [2.75, 3.05) is 23.9 Å². The molecule has 9 heteroatoms. The molecular weight excluding hydrogens is 529 g/mol. The number of hydrogen-bond acceptors (Lipinski definition) is 4. The molecule has 3 aromatic rings. The van der Waals surface area contributed by atoms with Crippen molar-refractivity contribution < 1.29 is 22.4 Å². The number of para-hydroxylation sites is 1. The van der Waals surface area contributed by atoms with E-state index in [-0.39, 0.29) is 29.0 Å². The van der Waals surface area contributed by atoms with Crippen molar-refractivity contribution >= 4 is 27.5 Å². The number of anilines is 1. The van der Waals surface area contributed by atoms with Gasteiger partial charge in [-0.1, -0.05) is 80.9 Å². The molecule has 1 unspecified atom stereocenters. The maximum atomic E-state index is 15.0. The Hall–Kier alpha value is -3.72. The second kappa shape index (κ2) is 14.1. The molecule has 0 saturated heterocycles. The van der Waals surface area contributed by atoms with Gasteiger partial charge in [-0.2, -0.15) is 0 Å². The van der Waals surface area contributed by atoms with Crippen LogP contribution in [0.15, 0.2) is 83.8 Å². The van der Waals surface area contributed by atoms with Crippen LogP contribution in [0, 0.1) is 18.7 Å². The van der Waals surface area contributed by atoms with Crippen molar-refractivity contribution in [2.45, 2.75) is 51.5 Å². The highest BCUT2D eigenvalue weighted by Gasteiger charge is 2.34. The van der Waals surface area contributed by atoms with Crippen LogP contribution in [0.4, 0.5) is 10.1 Å². The molecule has 214 valence electrons. The summed E-state index contributed by atoms with van der Waals surface area (Å²) in [6.45, 7) is 7.54. The highest BCUT2D eigenvalue weighted by molar-refractivity contribution is 7.92. The zero-order valence-electron chi connectivity index (χ0n) is 23.5. The molecule has 40 heavy (non-hydrogen) atoms. The van der Waals surface area contributed by atoms with E-state index < -0.39 is 34.3 Å². The Kier molecular flexibility index (Phi) is 10.8. The van der Waals surface area contributed by atoms with E-state index in [0.717, 1.165) is 21.5 Å². The Morgan fingerprint density at radius 1 is 0.925 bits per heavy atom. The first kappa shape index (κ1) is 30.8. The minimum Gasteiger partial charge on any atom is -0.354 e. The van der Waals surface area contributed by atoms with Crippen LogP contribution in [0.1, 0.15) is 38.3 Å². The lowest BCUT2D eigenvalue weighted by atomic mass is 10.1. The van der Waals surface area contributed by atoms with Gasteiger partial charge in [0.15, 0.2) is 0 Å². The number of nitrogens with zero attached hydrogens (tertiary/aromatic N) is 2. The zero-order valence-corrected chi connectivity index (χ0v) is 24.3. The first-order valence-corrected chi connectivity index (χ1v) is 14.9. The molecule has 0 heterocycles. The minimum absolute atomic E-state index is 0.0632. The van der Waals surface area contributed by atoms with Gasteiger partial charge in [-0.05, 0) is 55.5 Å². The van der Waals surface area contributed by atoms with E-state index in [9.17, 15) is 18.0 Å². The average molecular weight is 568 g/mol. The molecule has 0 spiro atoms. The van der Waals surface area contributed by atoms with Gasteiger partial charge in [0.1, 0.15) is 18.4 Å². The van der Waals surface area contributed by atoms with Crippen LogP contribution in [-0.2, 0) is 26.0 Å². The monoisotopic (exact) mass is 567 g/mol. The maximum Gasteiger partial charge on any atom is 0.264 e. The quantitative estimate of drug-likeness (QED) is 0.317. The molecule has 0 aliphatic rings. The van der Waals surface area contributed by atoms with Crippen LogP contribution in [0.25, 0.3) is 0 Å². The summed E-state index contributed by atoms with van der Waals surface area (Å²) in [6, 6.07) is 20.3. The number of rotatable bonds is 13. The summed E-state index contributed by atoms with van der Waals surface area (Å²) >= 11 is 0. The number of benzene rings is 3. The van der Waals surface area contributed by atoms with Crippen LogP contribution in [-0.4, -0.2) is 50.8 Å². The number of aryl methyl sites for hydroxylation is 1. The Balaban J connectivity index is 2.00. The van der Waals surface area contributed by atoms with Crippen LogP contribution in [0.2, 0.25) is 0 Å². The highest BCUT2D eigenvalue weighted by atomic mass is 32.2. The molecule has 1 atom stereocenters. The number of hydrogen-bond donors (Lipinski definition) is 1. The summed E-state index contributed by atoms with van der Waals surface area (Å²) in [4.78, 5) is 28.5. The van der Waals surface area contributed by atoms with Crippen LogP contribution < -0.4 is 9.62 Å². The molecule has 0 aromatic heterocycles. The Bertz CT molecular complexity index is 1380. The van der Waals surface area contributed by atoms with Crippen molar-refractivity contribution in [3.05, 3.63) is 95.8 Å². The summed E-state index contributed by atoms with van der Waals surface area (Å²) in [5.41, 5.74) is 1.59. The van der Waals surface area contributed by atoms with Crippen LogP contribution >= 0.6 is 0 Å². The van der Waals surface area contributed by atoms with Gasteiger partial charge >= 0.3 is 0 Å². The van der Waals surface area contributed by atoms with Gasteiger partial charge in [0.05, 0.1) is 10.6 Å². The molecule has 2 amide bonds. The molecule has 1 N–H and O–H groups in total. The number of carbonyl (C=O) groups excluding carboxylic acids is 2. The number of nitrogens with one attached hydrogen (secondary N) is 1. The molecular formula is C31H38FN3O4S. The maximum absolute atomic E-state index is 15.0. The third kappa shape index (κ3) is 7.91.